The molecule has 0 spiro atoms. The molecule has 3 rings (SSSR count). The maximum absolute atomic E-state index is 11.9. The van der Waals surface area contributed by atoms with Gasteiger partial charge in [0, 0.05) is 12.4 Å². The molecule has 0 saturated carbocycles. The Morgan fingerprint density at radius 1 is 1.29 bits per heavy atom. The molecule has 1 aromatic carbocycles. The second-order valence-corrected chi connectivity index (χ2v) is 4.36. The minimum Gasteiger partial charge on any atom is -0.367 e. The minimum atomic E-state index is -0.00652. The van der Waals surface area contributed by atoms with Gasteiger partial charge in [0.25, 0.3) is 5.91 Å². The second kappa shape index (κ2) is 4.09. The topological polar surface area (TPSA) is 44.9 Å². The molecule has 1 heterocycles. The Morgan fingerprint density at radius 2 is 2.18 bits per heavy atom. The lowest BCUT2D eigenvalue weighted by Gasteiger charge is -2.13. The number of hydrogen-bond donors (Lipinski definition) is 2. The molecule has 0 saturated heterocycles. The second-order valence-electron chi connectivity index (χ2n) is 4.36. The minimum absolute atomic E-state index is 0.00652. The summed E-state index contributed by atoms with van der Waals surface area (Å²) in [6, 6.07) is 10.3. The average Bonchev–Trinajstić information content (AvgIpc) is 2.98. The third-order valence-electron chi connectivity index (χ3n) is 3.30. The maximum Gasteiger partial charge on any atom is 0.253 e. The van der Waals surface area contributed by atoms with Gasteiger partial charge in [0.15, 0.2) is 0 Å². The number of carbonyl (C=O) groups excluding carboxylic acids is 1. The van der Waals surface area contributed by atoms with Crippen LogP contribution in [0.25, 0.3) is 0 Å². The van der Waals surface area contributed by atoms with Crippen LogP contribution < -0.4 is 5.32 Å². The summed E-state index contributed by atoms with van der Waals surface area (Å²) in [6.45, 7) is 0. The van der Waals surface area contributed by atoms with E-state index in [1.54, 1.807) is 18.5 Å². The van der Waals surface area contributed by atoms with Gasteiger partial charge in [-0.05, 0) is 30.0 Å². The van der Waals surface area contributed by atoms with Crippen LogP contribution in [0.1, 0.15) is 33.9 Å². The molecule has 2 aromatic rings. The SMILES string of the molecule is O=C(NC1CCc2ccccc21)c1cc[nH]c1. The lowest BCUT2D eigenvalue weighted by Crippen LogP contribution is -2.26. The third kappa shape index (κ3) is 1.84. The first-order valence-corrected chi connectivity index (χ1v) is 5.86. The molecule has 1 aliphatic carbocycles. The molecule has 3 nitrogen and oxygen atoms in total. The molecule has 0 fully saturated rings. The Labute approximate surface area is 99.9 Å². The summed E-state index contributed by atoms with van der Waals surface area (Å²) < 4.78 is 0. The van der Waals surface area contributed by atoms with Crippen molar-refractivity contribution in [3.63, 3.8) is 0 Å². The molecule has 1 aliphatic rings. The molecule has 1 aromatic heterocycles. The van der Waals surface area contributed by atoms with Gasteiger partial charge in [-0.15, -0.1) is 0 Å². The Hall–Kier alpha value is -2.03. The van der Waals surface area contributed by atoms with E-state index in [2.05, 4.69) is 28.5 Å². The van der Waals surface area contributed by atoms with E-state index >= 15 is 0 Å². The van der Waals surface area contributed by atoms with Crippen molar-refractivity contribution in [2.45, 2.75) is 18.9 Å². The van der Waals surface area contributed by atoms with Crippen molar-refractivity contribution in [3.05, 3.63) is 59.4 Å². The number of aromatic nitrogens is 1. The van der Waals surface area contributed by atoms with Gasteiger partial charge in [-0.1, -0.05) is 24.3 Å². The molecule has 1 unspecified atom stereocenters. The fraction of sp³-hybridized carbons (Fsp3) is 0.214. The van der Waals surface area contributed by atoms with E-state index in [-0.39, 0.29) is 11.9 Å². The molecule has 1 atom stereocenters. The van der Waals surface area contributed by atoms with Crippen molar-refractivity contribution in [2.75, 3.05) is 0 Å². The van der Waals surface area contributed by atoms with Crippen LogP contribution in [0, 0.1) is 0 Å². The Balaban J connectivity index is 1.78. The number of aromatic amines is 1. The molecular weight excluding hydrogens is 212 g/mol. The smallest absolute Gasteiger partial charge is 0.253 e. The summed E-state index contributed by atoms with van der Waals surface area (Å²) in [4.78, 5) is 14.8. The monoisotopic (exact) mass is 226 g/mol. The first kappa shape index (κ1) is 10.1. The number of rotatable bonds is 2. The molecule has 2 N–H and O–H groups in total. The zero-order valence-electron chi connectivity index (χ0n) is 9.44. The zero-order valence-corrected chi connectivity index (χ0v) is 9.44. The Bertz CT molecular complexity index is 531. The Kier molecular flexibility index (Phi) is 2.44. The van der Waals surface area contributed by atoms with E-state index in [0.29, 0.717) is 5.56 Å². The summed E-state index contributed by atoms with van der Waals surface area (Å²) in [6.07, 6.45) is 5.53. The molecular formula is C14H14N2O. The maximum atomic E-state index is 11.9. The molecule has 0 bridgehead atoms. The predicted molar refractivity (Wildman–Crippen MR) is 65.8 cm³/mol. The first-order valence-electron chi connectivity index (χ1n) is 5.86. The van der Waals surface area contributed by atoms with Crippen LogP contribution in [-0.4, -0.2) is 10.9 Å². The lowest BCUT2D eigenvalue weighted by atomic mass is 10.1. The van der Waals surface area contributed by atoms with Gasteiger partial charge in [-0.2, -0.15) is 0 Å². The number of aryl methyl sites for hydroxylation is 1. The average molecular weight is 226 g/mol. The van der Waals surface area contributed by atoms with Gasteiger partial charge < -0.3 is 10.3 Å². The summed E-state index contributed by atoms with van der Waals surface area (Å²) >= 11 is 0. The van der Waals surface area contributed by atoms with Gasteiger partial charge in [0.2, 0.25) is 0 Å². The van der Waals surface area contributed by atoms with Crippen molar-refractivity contribution in [2.24, 2.45) is 0 Å². The van der Waals surface area contributed by atoms with Crippen molar-refractivity contribution >= 4 is 5.91 Å². The van der Waals surface area contributed by atoms with Crippen molar-refractivity contribution in [3.8, 4) is 0 Å². The summed E-state index contributed by atoms with van der Waals surface area (Å²) in [5.41, 5.74) is 3.30. The molecule has 0 radical (unpaired) electrons. The fourth-order valence-electron chi connectivity index (χ4n) is 2.41. The van der Waals surface area contributed by atoms with E-state index in [0.717, 1.165) is 12.8 Å². The standard InChI is InChI=1S/C14H14N2O/c17-14(11-7-8-15-9-11)16-13-6-5-10-3-1-2-4-12(10)13/h1-4,7-9,13,15H,5-6H2,(H,16,17). The normalized spacial score (nSPS) is 17.8. The van der Waals surface area contributed by atoms with E-state index in [1.807, 2.05) is 6.07 Å². The highest BCUT2D eigenvalue weighted by atomic mass is 16.1. The number of H-pyrrole nitrogens is 1. The fourth-order valence-corrected chi connectivity index (χ4v) is 2.41. The summed E-state index contributed by atoms with van der Waals surface area (Å²) in [5.74, 6) is -0.00652. The number of benzene rings is 1. The number of carbonyl (C=O) groups is 1. The van der Waals surface area contributed by atoms with Crippen LogP contribution in [-0.2, 0) is 6.42 Å². The van der Waals surface area contributed by atoms with Crippen LogP contribution in [0.2, 0.25) is 0 Å². The largest absolute Gasteiger partial charge is 0.367 e. The van der Waals surface area contributed by atoms with E-state index in [4.69, 9.17) is 0 Å². The number of hydrogen-bond acceptors (Lipinski definition) is 1. The van der Waals surface area contributed by atoms with Crippen molar-refractivity contribution < 1.29 is 4.79 Å². The van der Waals surface area contributed by atoms with Gasteiger partial charge in [0.05, 0.1) is 11.6 Å². The number of amides is 1. The number of fused-ring (bicyclic) bond motifs is 1. The van der Waals surface area contributed by atoms with Gasteiger partial charge in [0.1, 0.15) is 0 Å². The Morgan fingerprint density at radius 3 is 3.00 bits per heavy atom. The van der Waals surface area contributed by atoms with E-state index in [9.17, 15) is 4.79 Å². The third-order valence-corrected chi connectivity index (χ3v) is 3.30. The van der Waals surface area contributed by atoms with Gasteiger partial charge in [-0.25, -0.2) is 0 Å². The van der Waals surface area contributed by atoms with Crippen molar-refractivity contribution in [1.82, 2.24) is 10.3 Å². The van der Waals surface area contributed by atoms with Crippen LogP contribution in [0.3, 0.4) is 0 Å². The number of nitrogens with one attached hydrogen (secondary N) is 2. The highest BCUT2D eigenvalue weighted by Gasteiger charge is 2.23. The summed E-state index contributed by atoms with van der Waals surface area (Å²) in [5, 5.41) is 3.08. The first-order chi connectivity index (χ1) is 8.34. The van der Waals surface area contributed by atoms with E-state index < -0.39 is 0 Å². The van der Waals surface area contributed by atoms with Gasteiger partial charge >= 0.3 is 0 Å². The quantitative estimate of drug-likeness (QED) is 0.811. The molecule has 0 aliphatic heterocycles. The van der Waals surface area contributed by atoms with Crippen LogP contribution in [0.5, 0.6) is 0 Å². The van der Waals surface area contributed by atoms with Crippen LogP contribution in [0.15, 0.2) is 42.7 Å². The van der Waals surface area contributed by atoms with Crippen molar-refractivity contribution in [1.29, 1.82) is 0 Å². The van der Waals surface area contributed by atoms with E-state index in [1.165, 1.54) is 11.1 Å². The molecule has 86 valence electrons. The molecule has 1 amide bonds. The van der Waals surface area contributed by atoms with Crippen LogP contribution >= 0.6 is 0 Å². The van der Waals surface area contributed by atoms with Gasteiger partial charge in [-0.3, -0.25) is 4.79 Å². The highest BCUT2D eigenvalue weighted by Crippen LogP contribution is 2.30. The highest BCUT2D eigenvalue weighted by molar-refractivity contribution is 5.94. The molecule has 17 heavy (non-hydrogen) atoms. The lowest BCUT2D eigenvalue weighted by molar-refractivity contribution is 0.0937. The summed E-state index contributed by atoms with van der Waals surface area (Å²) in [7, 11) is 0. The predicted octanol–water partition coefficient (Wildman–Crippen LogP) is 2.43. The van der Waals surface area contributed by atoms with Crippen LogP contribution in [0.4, 0.5) is 0 Å². The zero-order chi connectivity index (χ0) is 11.7. The molecule has 3 heteroatoms.